The smallest absolute Gasteiger partial charge is 0.0952 e. The first-order chi connectivity index (χ1) is 9.40. The van der Waals surface area contributed by atoms with Crippen molar-refractivity contribution in [1.82, 2.24) is 15.5 Å². The van der Waals surface area contributed by atoms with E-state index in [0.717, 1.165) is 25.1 Å². The Morgan fingerprint density at radius 1 is 1.32 bits per heavy atom. The number of ether oxygens (including phenoxy) is 1. The van der Waals surface area contributed by atoms with Crippen LogP contribution < -0.4 is 5.32 Å². The van der Waals surface area contributed by atoms with E-state index < -0.39 is 0 Å². The maximum atomic E-state index is 5.85. The molecule has 1 aromatic heterocycles. The van der Waals surface area contributed by atoms with Crippen LogP contribution in [0.5, 0.6) is 0 Å². The Balaban J connectivity index is 2.06. The van der Waals surface area contributed by atoms with Crippen LogP contribution in [0, 0.1) is 0 Å². The predicted molar refractivity (Wildman–Crippen MR) is 73.8 cm³/mol. The number of nitrogens with one attached hydrogen (secondary N) is 1. The summed E-state index contributed by atoms with van der Waals surface area (Å²) in [6.45, 7) is 1.61. The topological polar surface area (TPSA) is 47.0 Å². The Morgan fingerprint density at radius 3 is 3.05 bits per heavy atom. The standard InChI is InChI=1S/C15H17N3O/c1-16-10-15-14-4-2-3-12(13(14)6-8-19-15)11-5-7-17-18-9-11/h2-5,7,9,15-16H,6,8,10H2,1H3/t15-/m0/s1. The molecule has 0 amide bonds. The fourth-order valence-electron chi connectivity index (χ4n) is 2.65. The summed E-state index contributed by atoms with van der Waals surface area (Å²) in [6, 6.07) is 8.41. The maximum absolute atomic E-state index is 5.85. The Hall–Kier alpha value is -1.78. The molecular weight excluding hydrogens is 238 g/mol. The first kappa shape index (κ1) is 12.3. The van der Waals surface area contributed by atoms with Crippen molar-refractivity contribution in [1.29, 1.82) is 0 Å². The second-order valence-corrected chi connectivity index (χ2v) is 4.67. The van der Waals surface area contributed by atoms with Crippen LogP contribution in [0.2, 0.25) is 0 Å². The van der Waals surface area contributed by atoms with Crippen molar-refractivity contribution in [3.63, 3.8) is 0 Å². The van der Waals surface area contributed by atoms with Crippen LogP contribution in [0.25, 0.3) is 11.1 Å². The van der Waals surface area contributed by atoms with Crippen molar-refractivity contribution >= 4 is 0 Å². The zero-order valence-corrected chi connectivity index (χ0v) is 11.0. The van der Waals surface area contributed by atoms with Gasteiger partial charge in [0.05, 0.1) is 25.1 Å². The number of benzene rings is 1. The molecule has 0 radical (unpaired) electrons. The lowest BCUT2D eigenvalue weighted by Crippen LogP contribution is -2.25. The molecule has 1 aliphatic rings. The second kappa shape index (κ2) is 5.47. The Kier molecular flexibility index (Phi) is 3.53. The summed E-state index contributed by atoms with van der Waals surface area (Å²) in [5, 5.41) is 11.0. The maximum Gasteiger partial charge on any atom is 0.0952 e. The lowest BCUT2D eigenvalue weighted by atomic mass is 9.90. The molecule has 0 aliphatic carbocycles. The zero-order valence-electron chi connectivity index (χ0n) is 11.0. The minimum atomic E-state index is 0.142. The summed E-state index contributed by atoms with van der Waals surface area (Å²) in [5.74, 6) is 0. The van der Waals surface area contributed by atoms with Gasteiger partial charge in [-0.1, -0.05) is 18.2 Å². The molecule has 1 aliphatic heterocycles. The molecule has 1 atom stereocenters. The molecule has 0 fully saturated rings. The van der Waals surface area contributed by atoms with Gasteiger partial charge in [0, 0.05) is 12.1 Å². The van der Waals surface area contributed by atoms with Gasteiger partial charge in [-0.2, -0.15) is 10.2 Å². The van der Waals surface area contributed by atoms with Gasteiger partial charge in [-0.05, 0) is 36.2 Å². The molecule has 4 nitrogen and oxygen atoms in total. The van der Waals surface area contributed by atoms with E-state index in [0.29, 0.717) is 0 Å². The Bertz CT molecular complexity index is 557. The van der Waals surface area contributed by atoms with E-state index in [4.69, 9.17) is 4.74 Å². The molecule has 2 heterocycles. The normalized spacial score (nSPS) is 18.1. The van der Waals surface area contributed by atoms with Crippen LogP contribution in [0.15, 0.2) is 36.7 Å². The van der Waals surface area contributed by atoms with Crippen LogP contribution in [0.1, 0.15) is 17.2 Å². The summed E-state index contributed by atoms with van der Waals surface area (Å²) in [6.07, 6.45) is 4.65. The van der Waals surface area contributed by atoms with Crippen LogP contribution in [-0.4, -0.2) is 30.4 Å². The minimum absolute atomic E-state index is 0.142. The minimum Gasteiger partial charge on any atom is -0.372 e. The van der Waals surface area contributed by atoms with Gasteiger partial charge in [0.1, 0.15) is 0 Å². The lowest BCUT2D eigenvalue weighted by Gasteiger charge is -2.27. The average Bonchev–Trinajstić information content (AvgIpc) is 2.48. The number of hydrogen-bond acceptors (Lipinski definition) is 4. The van der Waals surface area contributed by atoms with Gasteiger partial charge >= 0.3 is 0 Å². The molecule has 0 bridgehead atoms. The third-order valence-corrected chi connectivity index (χ3v) is 3.52. The van der Waals surface area contributed by atoms with E-state index in [9.17, 15) is 0 Å². The highest BCUT2D eigenvalue weighted by Gasteiger charge is 2.22. The van der Waals surface area contributed by atoms with Gasteiger partial charge in [-0.25, -0.2) is 0 Å². The van der Waals surface area contributed by atoms with E-state index in [1.807, 2.05) is 19.3 Å². The van der Waals surface area contributed by atoms with Crippen molar-refractivity contribution < 1.29 is 4.74 Å². The van der Waals surface area contributed by atoms with Crippen molar-refractivity contribution in [3.05, 3.63) is 47.8 Å². The molecule has 0 saturated carbocycles. The summed E-state index contributed by atoms with van der Waals surface area (Å²) >= 11 is 0. The third-order valence-electron chi connectivity index (χ3n) is 3.52. The number of aromatic nitrogens is 2. The van der Waals surface area contributed by atoms with Crippen molar-refractivity contribution in [3.8, 4) is 11.1 Å². The van der Waals surface area contributed by atoms with Gasteiger partial charge in [-0.15, -0.1) is 0 Å². The van der Waals surface area contributed by atoms with Gasteiger partial charge in [0.25, 0.3) is 0 Å². The Labute approximate surface area is 112 Å². The molecule has 0 unspecified atom stereocenters. The molecule has 1 aromatic carbocycles. The monoisotopic (exact) mass is 255 g/mol. The summed E-state index contributed by atoms with van der Waals surface area (Å²) in [5.41, 5.74) is 5.03. The summed E-state index contributed by atoms with van der Waals surface area (Å²) in [4.78, 5) is 0. The number of hydrogen-bond donors (Lipinski definition) is 1. The fraction of sp³-hybridized carbons (Fsp3) is 0.333. The van der Waals surface area contributed by atoms with E-state index in [2.05, 4.69) is 33.7 Å². The summed E-state index contributed by atoms with van der Waals surface area (Å²) < 4.78 is 5.85. The lowest BCUT2D eigenvalue weighted by molar-refractivity contribution is 0.0440. The highest BCUT2D eigenvalue weighted by molar-refractivity contribution is 5.68. The molecular formula is C15H17N3O. The second-order valence-electron chi connectivity index (χ2n) is 4.67. The number of nitrogens with zero attached hydrogens (tertiary/aromatic N) is 2. The van der Waals surface area contributed by atoms with E-state index in [1.54, 1.807) is 6.20 Å². The first-order valence-corrected chi connectivity index (χ1v) is 6.55. The molecule has 0 saturated heterocycles. The first-order valence-electron chi connectivity index (χ1n) is 6.55. The third kappa shape index (κ3) is 2.37. The highest BCUT2D eigenvalue weighted by atomic mass is 16.5. The van der Waals surface area contributed by atoms with Crippen LogP contribution in [-0.2, 0) is 11.2 Å². The SMILES string of the molecule is CNC[C@@H]1OCCc2c(-c3ccnnc3)cccc21. The highest BCUT2D eigenvalue weighted by Crippen LogP contribution is 2.33. The predicted octanol–water partition coefficient (Wildman–Crippen LogP) is 1.98. The van der Waals surface area contributed by atoms with Crippen molar-refractivity contribution in [2.75, 3.05) is 20.2 Å². The molecule has 1 N–H and O–H groups in total. The van der Waals surface area contributed by atoms with Crippen LogP contribution in [0.3, 0.4) is 0 Å². The van der Waals surface area contributed by atoms with E-state index in [-0.39, 0.29) is 6.10 Å². The molecule has 3 rings (SSSR count). The quantitative estimate of drug-likeness (QED) is 0.911. The van der Waals surface area contributed by atoms with E-state index in [1.165, 1.54) is 16.7 Å². The number of likely N-dealkylation sites (N-methyl/N-ethyl adjacent to an activating group) is 1. The van der Waals surface area contributed by atoms with Gasteiger partial charge < -0.3 is 10.1 Å². The zero-order chi connectivity index (χ0) is 13.1. The molecule has 4 heteroatoms. The van der Waals surface area contributed by atoms with Gasteiger partial charge in [-0.3, -0.25) is 0 Å². The van der Waals surface area contributed by atoms with Gasteiger partial charge in [0.2, 0.25) is 0 Å². The molecule has 19 heavy (non-hydrogen) atoms. The largest absolute Gasteiger partial charge is 0.372 e. The van der Waals surface area contributed by atoms with Crippen molar-refractivity contribution in [2.24, 2.45) is 0 Å². The molecule has 0 spiro atoms. The fourth-order valence-corrected chi connectivity index (χ4v) is 2.65. The van der Waals surface area contributed by atoms with Crippen LogP contribution in [0.4, 0.5) is 0 Å². The summed E-state index contributed by atoms with van der Waals surface area (Å²) in [7, 11) is 1.95. The van der Waals surface area contributed by atoms with Gasteiger partial charge in [0.15, 0.2) is 0 Å². The van der Waals surface area contributed by atoms with Crippen molar-refractivity contribution in [2.45, 2.75) is 12.5 Å². The number of rotatable bonds is 3. The average molecular weight is 255 g/mol. The van der Waals surface area contributed by atoms with Crippen LogP contribution >= 0.6 is 0 Å². The van der Waals surface area contributed by atoms with E-state index >= 15 is 0 Å². The Morgan fingerprint density at radius 2 is 2.26 bits per heavy atom. The number of fused-ring (bicyclic) bond motifs is 1. The molecule has 98 valence electrons. The molecule has 2 aromatic rings.